The van der Waals surface area contributed by atoms with E-state index in [1.807, 2.05) is 65.3 Å². The van der Waals surface area contributed by atoms with Crippen LogP contribution in [0.15, 0.2) is 67.0 Å². The normalized spacial score (nSPS) is 14.0. The van der Waals surface area contributed by atoms with Crippen LogP contribution in [0, 0.1) is 0 Å². The maximum atomic E-state index is 13.0. The van der Waals surface area contributed by atoms with Crippen molar-refractivity contribution in [2.24, 2.45) is 0 Å². The predicted molar refractivity (Wildman–Crippen MR) is 114 cm³/mol. The minimum Gasteiger partial charge on any atom is -0.353 e. The maximum Gasteiger partial charge on any atom is 0.272 e. The van der Waals surface area contributed by atoms with Crippen molar-refractivity contribution in [2.75, 3.05) is 42.5 Å². The summed E-state index contributed by atoms with van der Waals surface area (Å²) in [4.78, 5) is 32.4. The topological polar surface area (TPSA) is 65.5 Å². The Morgan fingerprint density at radius 1 is 0.931 bits per heavy atom. The highest BCUT2D eigenvalue weighted by Gasteiger charge is 2.24. The Morgan fingerprint density at radius 3 is 2.38 bits per heavy atom. The Balaban J connectivity index is 1.46. The van der Waals surface area contributed by atoms with Crippen LogP contribution < -0.4 is 9.80 Å². The van der Waals surface area contributed by atoms with Gasteiger partial charge in [-0.3, -0.25) is 4.79 Å². The van der Waals surface area contributed by atoms with Crippen molar-refractivity contribution in [3.8, 4) is 0 Å². The van der Waals surface area contributed by atoms with Crippen molar-refractivity contribution in [3.05, 3.63) is 72.7 Å². The third-order valence-corrected chi connectivity index (χ3v) is 5.03. The molecule has 7 heteroatoms. The summed E-state index contributed by atoms with van der Waals surface area (Å²) in [7, 11) is 0. The fourth-order valence-corrected chi connectivity index (χ4v) is 3.49. The fraction of sp³-hybridized carbons (Fsp3) is 0.273. The monoisotopic (exact) mass is 388 g/mol. The molecule has 4 rings (SSSR count). The molecule has 1 amide bonds. The molecule has 2 aromatic heterocycles. The zero-order valence-electron chi connectivity index (χ0n) is 16.5. The summed E-state index contributed by atoms with van der Waals surface area (Å²) in [6.45, 7) is 5.56. The molecule has 7 nitrogen and oxygen atoms in total. The molecule has 3 heterocycles. The standard InChI is InChI=1S/C22H24N6O/c1-2-28(18-8-4-3-5-9-18)22-24-13-11-19(25-22)21(29)27-16-14-26(15-17-27)20-10-6-7-12-23-20/h3-13H,2,14-17H2,1H3. The van der Waals surface area contributed by atoms with Gasteiger partial charge in [0.15, 0.2) is 0 Å². The van der Waals surface area contributed by atoms with E-state index in [0.717, 1.165) is 24.6 Å². The number of rotatable bonds is 5. The van der Waals surface area contributed by atoms with Gasteiger partial charge in [0, 0.05) is 50.8 Å². The minimum atomic E-state index is -0.0570. The SMILES string of the molecule is CCN(c1ccccc1)c1nccc(C(=O)N2CCN(c3ccccn3)CC2)n1. The van der Waals surface area contributed by atoms with Gasteiger partial charge in [0.1, 0.15) is 11.5 Å². The first-order valence-electron chi connectivity index (χ1n) is 9.87. The number of hydrogen-bond donors (Lipinski definition) is 0. The molecule has 3 aromatic rings. The number of carbonyl (C=O) groups excluding carboxylic acids is 1. The molecular weight excluding hydrogens is 364 g/mol. The second kappa shape index (κ2) is 8.68. The number of benzene rings is 1. The van der Waals surface area contributed by atoms with Crippen LogP contribution in [0.4, 0.5) is 17.5 Å². The molecule has 0 saturated carbocycles. The molecule has 1 aliphatic rings. The van der Waals surface area contributed by atoms with E-state index < -0.39 is 0 Å². The summed E-state index contributed by atoms with van der Waals surface area (Å²) in [5.74, 6) is 1.43. The first-order valence-corrected chi connectivity index (χ1v) is 9.87. The third kappa shape index (κ3) is 4.18. The first-order chi connectivity index (χ1) is 14.3. The molecule has 29 heavy (non-hydrogen) atoms. The van der Waals surface area contributed by atoms with E-state index >= 15 is 0 Å². The lowest BCUT2D eigenvalue weighted by atomic mass is 10.2. The highest BCUT2D eigenvalue weighted by atomic mass is 16.2. The number of piperazine rings is 1. The Bertz CT molecular complexity index is 942. The molecule has 0 spiro atoms. The van der Waals surface area contributed by atoms with E-state index in [1.165, 1.54) is 0 Å². The van der Waals surface area contributed by atoms with Crippen LogP contribution in [0.5, 0.6) is 0 Å². The second-order valence-electron chi connectivity index (χ2n) is 6.79. The Morgan fingerprint density at radius 2 is 1.69 bits per heavy atom. The number of anilines is 3. The molecule has 1 saturated heterocycles. The summed E-state index contributed by atoms with van der Waals surface area (Å²) in [5, 5.41) is 0. The molecule has 1 fully saturated rings. The van der Waals surface area contributed by atoms with Crippen molar-refractivity contribution in [2.45, 2.75) is 6.92 Å². The van der Waals surface area contributed by atoms with Crippen LogP contribution in [0.3, 0.4) is 0 Å². The quantitative estimate of drug-likeness (QED) is 0.670. The highest BCUT2D eigenvalue weighted by molar-refractivity contribution is 5.92. The molecule has 0 bridgehead atoms. The van der Waals surface area contributed by atoms with Crippen LogP contribution in [-0.2, 0) is 0 Å². The van der Waals surface area contributed by atoms with E-state index in [2.05, 4.69) is 19.9 Å². The minimum absolute atomic E-state index is 0.0570. The molecule has 0 N–H and O–H groups in total. The zero-order valence-corrected chi connectivity index (χ0v) is 16.5. The number of amides is 1. The first kappa shape index (κ1) is 18.9. The molecule has 0 aliphatic carbocycles. The fourth-order valence-electron chi connectivity index (χ4n) is 3.49. The van der Waals surface area contributed by atoms with Crippen molar-refractivity contribution in [1.82, 2.24) is 19.9 Å². The molecule has 0 radical (unpaired) electrons. The lowest BCUT2D eigenvalue weighted by Gasteiger charge is -2.35. The summed E-state index contributed by atoms with van der Waals surface area (Å²) in [6.07, 6.45) is 3.45. The van der Waals surface area contributed by atoms with Gasteiger partial charge in [-0.1, -0.05) is 24.3 Å². The van der Waals surface area contributed by atoms with Gasteiger partial charge in [-0.25, -0.2) is 15.0 Å². The second-order valence-corrected chi connectivity index (χ2v) is 6.79. The average Bonchev–Trinajstić information content (AvgIpc) is 2.81. The molecule has 0 unspecified atom stereocenters. The van der Waals surface area contributed by atoms with Crippen LogP contribution in [0.2, 0.25) is 0 Å². The van der Waals surface area contributed by atoms with Crippen LogP contribution in [-0.4, -0.2) is 58.5 Å². The largest absolute Gasteiger partial charge is 0.353 e. The van der Waals surface area contributed by atoms with Crippen LogP contribution in [0.1, 0.15) is 17.4 Å². The summed E-state index contributed by atoms with van der Waals surface area (Å²) >= 11 is 0. The van der Waals surface area contributed by atoms with E-state index in [9.17, 15) is 4.79 Å². The molecule has 148 valence electrons. The predicted octanol–water partition coefficient (Wildman–Crippen LogP) is 2.99. The molecular formula is C22H24N6O. The van der Waals surface area contributed by atoms with Gasteiger partial charge < -0.3 is 14.7 Å². The van der Waals surface area contributed by atoms with Gasteiger partial charge >= 0.3 is 0 Å². The number of carbonyl (C=O) groups is 1. The number of nitrogens with zero attached hydrogens (tertiary/aromatic N) is 6. The van der Waals surface area contributed by atoms with Crippen molar-refractivity contribution in [1.29, 1.82) is 0 Å². The van der Waals surface area contributed by atoms with Gasteiger partial charge in [0.05, 0.1) is 0 Å². The van der Waals surface area contributed by atoms with Crippen LogP contribution in [0.25, 0.3) is 0 Å². The number of pyridine rings is 1. The summed E-state index contributed by atoms with van der Waals surface area (Å²) in [5.41, 5.74) is 1.43. The molecule has 1 aromatic carbocycles. The Kier molecular flexibility index (Phi) is 5.65. The van der Waals surface area contributed by atoms with Crippen LogP contribution >= 0.6 is 0 Å². The highest BCUT2D eigenvalue weighted by Crippen LogP contribution is 2.21. The molecule has 1 aliphatic heterocycles. The molecule has 0 atom stereocenters. The van der Waals surface area contributed by atoms with Gasteiger partial charge in [0.25, 0.3) is 5.91 Å². The van der Waals surface area contributed by atoms with Crippen molar-refractivity contribution >= 4 is 23.4 Å². The van der Waals surface area contributed by atoms with E-state index in [1.54, 1.807) is 18.5 Å². The number of aromatic nitrogens is 3. The third-order valence-electron chi connectivity index (χ3n) is 5.03. The number of hydrogen-bond acceptors (Lipinski definition) is 6. The van der Waals surface area contributed by atoms with Gasteiger partial charge in [0.2, 0.25) is 5.95 Å². The Hall–Kier alpha value is -3.48. The average molecular weight is 388 g/mol. The summed E-state index contributed by atoms with van der Waals surface area (Å²) < 4.78 is 0. The van der Waals surface area contributed by atoms with Gasteiger partial charge in [-0.05, 0) is 37.3 Å². The Labute approximate surface area is 170 Å². The van der Waals surface area contributed by atoms with Crippen molar-refractivity contribution in [3.63, 3.8) is 0 Å². The van der Waals surface area contributed by atoms with Gasteiger partial charge in [-0.2, -0.15) is 0 Å². The lowest BCUT2D eigenvalue weighted by Crippen LogP contribution is -2.49. The maximum absolute atomic E-state index is 13.0. The van der Waals surface area contributed by atoms with Crippen molar-refractivity contribution < 1.29 is 4.79 Å². The van der Waals surface area contributed by atoms with E-state index in [0.29, 0.717) is 31.3 Å². The van der Waals surface area contributed by atoms with E-state index in [4.69, 9.17) is 0 Å². The lowest BCUT2D eigenvalue weighted by molar-refractivity contribution is 0.0740. The smallest absolute Gasteiger partial charge is 0.272 e. The van der Waals surface area contributed by atoms with E-state index in [-0.39, 0.29) is 5.91 Å². The summed E-state index contributed by atoms with van der Waals surface area (Å²) in [6, 6.07) is 17.5. The zero-order chi connectivity index (χ0) is 20.1. The van der Waals surface area contributed by atoms with Gasteiger partial charge in [-0.15, -0.1) is 0 Å². The number of para-hydroxylation sites is 1.